The van der Waals surface area contributed by atoms with E-state index in [1.165, 1.54) is 0 Å². The lowest BCUT2D eigenvalue weighted by Gasteiger charge is -2.23. The summed E-state index contributed by atoms with van der Waals surface area (Å²) in [5, 5.41) is 8.50. The quantitative estimate of drug-likeness (QED) is 0.616. The number of ether oxygens (including phenoxy) is 1. The minimum atomic E-state index is -1.04. The van der Waals surface area contributed by atoms with Crippen molar-refractivity contribution in [2.24, 2.45) is 11.7 Å². The maximum Gasteiger partial charge on any atom is 0.307 e. The van der Waals surface area contributed by atoms with Crippen molar-refractivity contribution in [1.82, 2.24) is 0 Å². The van der Waals surface area contributed by atoms with E-state index in [0.717, 1.165) is 6.42 Å². The number of hydrogen-bond donors (Lipinski definition) is 2. The summed E-state index contributed by atoms with van der Waals surface area (Å²) in [6.07, 6.45) is 0.734. The van der Waals surface area contributed by atoms with Crippen molar-refractivity contribution in [2.75, 3.05) is 6.61 Å². The van der Waals surface area contributed by atoms with Crippen molar-refractivity contribution in [3.63, 3.8) is 0 Å². The van der Waals surface area contributed by atoms with Crippen LogP contribution in [0.4, 0.5) is 0 Å². The van der Waals surface area contributed by atoms with E-state index in [0.29, 0.717) is 12.5 Å². The van der Waals surface area contributed by atoms with Crippen LogP contribution >= 0.6 is 0 Å². The number of nitrogens with two attached hydrogens (primary N) is 1. The van der Waals surface area contributed by atoms with Crippen LogP contribution in [0, 0.1) is 5.92 Å². The average Bonchev–Trinajstić information content (AvgIpc) is 1.81. The van der Waals surface area contributed by atoms with Gasteiger partial charge in [0.1, 0.15) is 5.72 Å². The van der Waals surface area contributed by atoms with E-state index in [-0.39, 0.29) is 6.42 Å². The molecule has 4 heteroatoms. The zero-order chi connectivity index (χ0) is 10.5. The summed E-state index contributed by atoms with van der Waals surface area (Å²) < 4.78 is 5.25. The normalized spacial score (nSPS) is 15.8. The van der Waals surface area contributed by atoms with Gasteiger partial charge < -0.3 is 15.6 Å². The molecule has 0 amide bonds. The first kappa shape index (κ1) is 12.4. The van der Waals surface area contributed by atoms with Gasteiger partial charge in [0.25, 0.3) is 0 Å². The Morgan fingerprint density at radius 3 is 2.54 bits per heavy atom. The summed E-state index contributed by atoms with van der Waals surface area (Å²) in [5.74, 6) is -0.393. The molecule has 0 aromatic carbocycles. The minimum Gasteiger partial charge on any atom is -0.481 e. The van der Waals surface area contributed by atoms with Gasteiger partial charge >= 0.3 is 5.97 Å². The minimum absolute atomic E-state index is 0.162. The monoisotopic (exact) mass is 189 g/mol. The second kappa shape index (κ2) is 5.19. The molecule has 3 N–H and O–H groups in total. The van der Waals surface area contributed by atoms with E-state index in [1.54, 1.807) is 6.92 Å². The fourth-order valence-electron chi connectivity index (χ4n) is 0.879. The van der Waals surface area contributed by atoms with Gasteiger partial charge in [0.05, 0.1) is 6.42 Å². The predicted octanol–water partition coefficient (Wildman–Crippen LogP) is 1.20. The molecular formula is C9H19NO3. The molecule has 0 spiro atoms. The largest absolute Gasteiger partial charge is 0.481 e. The van der Waals surface area contributed by atoms with Gasteiger partial charge in [0.2, 0.25) is 0 Å². The van der Waals surface area contributed by atoms with Gasteiger partial charge in [-0.3, -0.25) is 4.79 Å². The molecule has 0 aliphatic heterocycles. The maximum absolute atomic E-state index is 10.4. The van der Waals surface area contributed by atoms with E-state index >= 15 is 0 Å². The van der Waals surface area contributed by atoms with Crippen molar-refractivity contribution in [3.8, 4) is 0 Å². The fourth-order valence-corrected chi connectivity index (χ4v) is 0.879. The summed E-state index contributed by atoms with van der Waals surface area (Å²) in [5.41, 5.74) is 4.56. The molecule has 1 atom stereocenters. The number of hydrogen-bond acceptors (Lipinski definition) is 3. The summed E-state index contributed by atoms with van der Waals surface area (Å²) in [4.78, 5) is 10.4. The average molecular weight is 189 g/mol. The molecule has 13 heavy (non-hydrogen) atoms. The third-order valence-corrected chi connectivity index (χ3v) is 1.63. The number of rotatable bonds is 6. The molecule has 0 heterocycles. The molecule has 0 rings (SSSR count). The third-order valence-electron chi connectivity index (χ3n) is 1.63. The van der Waals surface area contributed by atoms with Crippen LogP contribution in [0.15, 0.2) is 0 Å². The molecule has 0 saturated carbocycles. The molecule has 1 unspecified atom stereocenters. The molecule has 0 saturated heterocycles. The first-order valence-electron chi connectivity index (χ1n) is 4.48. The van der Waals surface area contributed by atoms with Gasteiger partial charge in [-0.2, -0.15) is 0 Å². The molecule has 0 fully saturated rings. The Balaban J connectivity index is 3.69. The standard InChI is InChI=1S/C9H19NO3/c1-7(2)4-5-13-9(3,10)6-8(11)12/h7H,4-6,10H2,1-3H3,(H,11,12). The third kappa shape index (κ3) is 7.74. The van der Waals surface area contributed by atoms with Gasteiger partial charge in [-0.15, -0.1) is 0 Å². The van der Waals surface area contributed by atoms with Crippen molar-refractivity contribution in [2.45, 2.75) is 39.3 Å². The highest BCUT2D eigenvalue weighted by Crippen LogP contribution is 2.10. The number of carboxylic acids is 1. The van der Waals surface area contributed by atoms with Crippen LogP contribution in [-0.4, -0.2) is 23.4 Å². The zero-order valence-electron chi connectivity index (χ0n) is 8.54. The Morgan fingerprint density at radius 1 is 1.62 bits per heavy atom. The van der Waals surface area contributed by atoms with Crippen LogP contribution in [-0.2, 0) is 9.53 Å². The van der Waals surface area contributed by atoms with E-state index in [9.17, 15) is 4.79 Å². The van der Waals surface area contributed by atoms with Crippen LogP contribution in [0.5, 0.6) is 0 Å². The molecular weight excluding hydrogens is 170 g/mol. The highest BCUT2D eigenvalue weighted by atomic mass is 16.5. The Kier molecular flexibility index (Phi) is 4.95. The van der Waals surface area contributed by atoms with Crippen LogP contribution in [0.1, 0.15) is 33.6 Å². The Labute approximate surface area is 79.1 Å². The summed E-state index contributed by atoms with van der Waals surface area (Å²) in [7, 11) is 0. The lowest BCUT2D eigenvalue weighted by Crippen LogP contribution is -2.41. The van der Waals surface area contributed by atoms with Crippen molar-refractivity contribution in [3.05, 3.63) is 0 Å². The van der Waals surface area contributed by atoms with Gasteiger partial charge in [-0.1, -0.05) is 13.8 Å². The number of carbonyl (C=O) groups is 1. The fraction of sp³-hybridized carbons (Fsp3) is 0.889. The van der Waals surface area contributed by atoms with E-state index in [1.807, 2.05) is 0 Å². The summed E-state index contributed by atoms with van der Waals surface area (Å²) in [6, 6.07) is 0. The Bertz CT molecular complexity index is 166. The highest BCUT2D eigenvalue weighted by molar-refractivity contribution is 5.67. The molecule has 0 aromatic rings. The first-order chi connectivity index (χ1) is 5.83. The topological polar surface area (TPSA) is 72.5 Å². The number of aliphatic carboxylic acids is 1. The van der Waals surface area contributed by atoms with Gasteiger partial charge in [-0.05, 0) is 19.3 Å². The van der Waals surface area contributed by atoms with E-state index in [2.05, 4.69) is 13.8 Å². The van der Waals surface area contributed by atoms with Crippen molar-refractivity contribution >= 4 is 5.97 Å². The number of carboxylic acid groups (broad SMARTS) is 1. The highest BCUT2D eigenvalue weighted by Gasteiger charge is 2.22. The second-order valence-electron chi connectivity index (χ2n) is 3.91. The van der Waals surface area contributed by atoms with Crippen LogP contribution in [0.25, 0.3) is 0 Å². The van der Waals surface area contributed by atoms with E-state index in [4.69, 9.17) is 15.6 Å². The SMILES string of the molecule is CC(C)CCOC(C)(N)CC(=O)O. The van der Waals surface area contributed by atoms with Gasteiger partial charge in [0.15, 0.2) is 0 Å². The van der Waals surface area contributed by atoms with Crippen molar-refractivity contribution in [1.29, 1.82) is 0 Å². The molecule has 78 valence electrons. The molecule has 4 nitrogen and oxygen atoms in total. The first-order valence-corrected chi connectivity index (χ1v) is 4.48. The maximum atomic E-state index is 10.4. The van der Waals surface area contributed by atoms with Crippen molar-refractivity contribution < 1.29 is 14.6 Å². The second-order valence-corrected chi connectivity index (χ2v) is 3.91. The van der Waals surface area contributed by atoms with Gasteiger partial charge in [0, 0.05) is 6.61 Å². The summed E-state index contributed by atoms with van der Waals surface area (Å²) in [6.45, 7) is 6.25. The Morgan fingerprint density at radius 2 is 2.15 bits per heavy atom. The van der Waals surface area contributed by atoms with Crippen LogP contribution < -0.4 is 5.73 Å². The summed E-state index contributed by atoms with van der Waals surface area (Å²) >= 11 is 0. The molecule has 0 bridgehead atoms. The zero-order valence-corrected chi connectivity index (χ0v) is 8.54. The predicted molar refractivity (Wildman–Crippen MR) is 50.3 cm³/mol. The molecule has 0 aliphatic rings. The molecule has 0 radical (unpaired) electrons. The lowest BCUT2D eigenvalue weighted by molar-refractivity contribution is -0.144. The smallest absolute Gasteiger partial charge is 0.307 e. The Hall–Kier alpha value is -0.610. The van der Waals surface area contributed by atoms with E-state index < -0.39 is 11.7 Å². The molecule has 0 aliphatic carbocycles. The van der Waals surface area contributed by atoms with Crippen LogP contribution in [0.3, 0.4) is 0 Å². The van der Waals surface area contributed by atoms with Gasteiger partial charge in [-0.25, -0.2) is 0 Å². The lowest BCUT2D eigenvalue weighted by atomic mass is 10.1. The van der Waals surface area contributed by atoms with Crippen LogP contribution in [0.2, 0.25) is 0 Å². The molecule has 0 aromatic heterocycles.